The molecule has 6 N–H and O–H groups in total. The van der Waals surface area contributed by atoms with Gasteiger partial charge in [0, 0.05) is 6.61 Å². The molecule has 0 radical (unpaired) electrons. The highest BCUT2D eigenvalue weighted by molar-refractivity contribution is 5.18. The van der Waals surface area contributed by atoms with E-state index in [2.05, 4.69) is 20.4 Å². The second-order valence-corrected chi connectivity index (χ2v) is 11.3. The minimum absolute atomic E-state index is 0.0811. The molecule has 3 rings (SSSR count). The van der Waals surface area contributed by atoms with E-state index in [4.69, 9.17) is 9.47 Å². The van der Waals surface area contributed by atoms with Gasteiger partial charge in [0.25, 0.3) is 0 Å². The maximum absolute atomic E-state index is 10.6. The Kier molecular flexibility index (Phi) is 9.02. The molecular weight excluding hydrogens is 440 g/mol. The van der Waals surface area contributed by atoms with Crippen LogP contribution in [0.1, 0.15) is 59.3 Å². The summed E-state index contributed by atoms with van der Waals surface area (Å²) in [5.74, 6) is 0.587. The van der Waals surface area contributed by atoms with Gasteiger partial charge in [-0.05, 0) is 68.1 Å². The molecular formula is C26H44O8. The molecule has 10 unspecified atom stereocenters. The third-order valence-electron chi connectivity index (χ3n) is 8.79. The zero-order valence-corrected chi connectivity index (χ0v) is 20.8. The van der Waals surface area contributed by atoms with Gasteiger partial charge in [-0.3, -0.25) is 0 Å². The number of aliphatic hydroxyl groups excluding tert-OH is 6. The largest absolute Gasteiger partial charge is 0.396 e. The third kappa shape index (κ3) is 5.44. The van der Waals surface area contributed by atoms with E-state index in [-0.39, 0.29) is 30.0 Å². The fraction of sp³-hybridized carbons (Fsp3) is 0.846. The first-order valence-electron chi connectivity index (χ1n) is 12.5. The van der Waals surface area contributed by atoms with E-state index in [0.29, 0.717) is 12.3 Å². The molecule has 8 heteroatoms. The molecule has 2 aliphatic carbocycles. The number of aliphatic hydroxyl groups is 6. The fourth-order valence-electron chi connectivity index (χ4n) is 6.91. The van der Waals surface area contributed by atoms with E-state index in [9.17, 15) is 30.6 Å². The van der Waals surface area contributed by atoms with Crippen molar-refractivity contribution in [1.29, 1.82) is 0 Å². The summed E-state index contributed by atoms with van der Waals surface area (Å²) in [5, 5.41) is 60.0. The van der Waals surface area contributed by atoms with E-state index in [0.717, 1.165) is 37.7 Å². The zero-order chi connectivity index (χ0) is 25.3. The number of rotatable bonds is 8. The van der Waals surface area contributed by atoms with Crippen LogP contribution in [0.15, 0.2) is 23.8 Å². The third-order valence-corrected chi connectivity index (χ3v) is 8.79. The summed E-state index contributed by atoms with van der Waals surface area (Å²) in [6.07, 6.45) is 0.0850. The molecule has 1 saturated heterocycles. The lowest BCUT2D eigenvalue weighted by Gasteiger charge is -2.59. The van der Waals surface area contributed by atoms with Crippen molar-refractivity contribution in [3.8, 4) is 0 Å². The van der Waals surface area contributed by atoms with Crippen LogP contribution in [-0.2, 0) is 9.47 Å². The highest BCUT2D eigenvalue weighted by Gasteiger charge is 2.56. The lowest BCUT2D eigenvalue weighted by molar-refractivity contribution is -0.298. The Morgan fingerprint density at radius 2 is 1.82 bits per heavy atom. The van der Waals surface area contributed by atoms with Gasteiger partial charge in [-0.2, -0.15) is 0 Å². The smallest absolute Gasteiger partial charge is 0.187 e. The highest BCUT2D eigenvalue weighted by atomic mass is 16.7. The average Bonchev–Trinajstić information content (AvgIpc) is 2.77. The molecule has 0 aromatic carbocycles. The molecule has 2 saturated carbocycles. The molecule has 0 amide bonds. The number of allylic oxidation sites excluding steroid dienone is 2. The molecule has 0 aromatic rings. The summed E-state index contributed by atoms with van der Waals surface area (Å²) in [6, 6.07) is 0. The minimum atomic E-state index is -1.46. The van der Waals surface area contributed by atoms with E-state index in [1.807, 2.05) is 13.0 Å². The lowest BCUT2D eigenvalue weighted by atomic mass is 9.46. The van der Waals surface area contributed by atoms with Crippen LogP contribution in [0.25, 0.3) is 0 Å². The Morgan fingerprint density at radius 1 is 1.12 bits per heavy atom. The van der Waals surface area contributed by atoms with Crippen molar-refractivity contribution < 1.29 is 40.1 Å². The van der Waals surface area contributed by atoms with E-state index >= 15 is 0 Å². The number of ether oxygens (including phenoxy) is 2. The summed E-state index contributed by atoms with van der Waals surface area (Å²) < 4.78 is 11.0. The molecule has 0 spiro atoms. The molecule has 1 aliphatic heterocycles. The maximum Gasteiger partial charge on any atom is 0.187 e. The van der Waals surface area contributed by atoms with Gasteiger partial charge in [0.05, 0.1) is 19.3 Å². The van der Waals surface area contributed by atoms with Crippen molar-refractivity contribution in [2.24, 2.45) is 22.7 Å². The van der Waals surface area contributed by atoms with Gasteiger partial charge in [0.15, 0.2) is 6.29 Å². The van der Waals surface area contributed by atoms with Crippen LogP contribution in [0.4, 0.5) is 0 Å². The van der Waals surface area contributed by atoms with Crippen molar-refractivity contribution in [3.63, 3.8) is 0 Å². The molecule has 0 bridgehead atoms. The lowest BCUT2D eigenvalue weighted by Crippen LogP contribution is -2.59. The van der Waals surface area contributed by atoms with Crippen molar-refractivity contribution in [3.05, 3.63) is 23.8 Å². The van der Waals surface area contributed by atoms with Crippen LogP contribution in [0.5, 0.6) is 0 Å². The molecule has 3 fully saturated rings. The maximum atomic E-state index is 10.6. The van der Waals surface area contributed by atoms with Gasteiger partial charge < -0.3 is 40.1 Å². The minimum Gasteiger partial charge on any atom is -0.396 e. The number of hydrogen-bond acceptors (Lipinski definition) is 8. The predicted octanol–water partition coefficient (Wildman–Crippen LogP) is 1.27. The first-order chi connectivity index (χ1) is 16.0. The number of fused-ring (bicyclic) bond motifs is 1. The van der Waals surface area contributed by atoms with Gasteiger partial charge in [-0.1, -0.05) is 37.6 Å². The van der Waals surface area contributed by atoms with Crippen LogP contribution in [0.3, 0.4) is 0 Å². The summed E-state index contributed by atoms with van der Waals surface area (Å²) in [5.41, 5.74) is 1.93. The molecule has 1 heterocycles. The Hall–Kier alpha value is -0.840. The van der Waals surface area contributed by atoms with Crippen LogP contribution in [-0.4, -0.2) is 87.3 Å². The normalized spacial score (nSPS) is 45.8. The van der Waals surface area contributed by atoms with Crippen molar-refractivity contribution in [2.45, 2.75) is 96.1 Å². The molecule has 34 heavy (non-hydrogen) atoms. The van der Waals surface area contributed by atoms with E-state index < -0.39 is 43.4 Å². The Labute approximate surface area is 202 Å². The quantitative estimate of drug-likeness (QED) is 0.283. The van der Waals surface area contributed by atoms with E-state index in [1.54, 1.807) is 0 Å². The summed E-state index contributed by atoms with van der Waals surface area (Å²) >= 11 is 0. The fourth-order valence-corrected chi connectivity index (χ4v) is 6.91. The average molecular weight is 485 g/mol. The molecule has 196 valence electrons. The van der Waals surface area contributed by atoms with Crippen molar-refractivity contribution >= 4 is 0 Å². The second kappa shape index (κ2) is 11.0. The van der Waals surface area contributed by atoms with Crippen LogP contribution < -0.4 is 0 Å². The van der Waals surface area contributed by atoms with Gasteiger partial charge in [-0.15, -0.1) is 0 Å². The summed E-state index contributed by atoms with van der Waals surface area (Å²) in [6.45, 7) is 10.5. The van der Waals surface area contributed by atoms with Crippen molar-refractivity contribution in [1.82, 2.24) is 0 Å². The molecule has 0 aromatic heterocycles. The predicted molar refractivity (Wildman–Crippen MR) is 127 cm³/mol. The van der Waals surface area contributed by atoms with E-state index in [1.165, 1.54) is 5.57 Å². The topological polar surface area (TPSA) is 140 Å². The van der Waals surface area contributed by atoms with Gasteiger partial charge >= 0.3 is 0 Å². The van der Waals surface area contributed by atoms with Gasteiger partial charge in [0.2, 0.25) is 0 Å². The highest BCUT2D eigenvalue weighted by Crippen LogP contribution is 2.61. The van der Waals surface area contributed by atoms with Crippen LogP contribution in [0.2, 0.25) is 0 Å². The zero-order valence-electron chi connectivity index (χ0n) is 20.8. The molecule has 8 nitrogen and oxygen atoms in total. The first kappa shape index (κ1) is 27.7. The molecule has 10 atom stereocenters. The summed E-state index contributed by atoms with van der Waals surface area (Å²) in [4.78, 5) is 0. The SMILES string of the molecule is C=C1CCC2C(C)(CO)CC(O)CC2(C)C1CCC(C)=CCOC1OC(CO)C(O)C(O)C1O. The Morgan fingerprint density at radius 3 is 2.47 bits per heavy atom. The van der Waals surface area contributed by atoms with Crippen molar-refractivity contribution in [2.75, 3.05) is 19.8 Å². The van der Waals surface area contributed by atoms with Gasteiger partial charge in [-0.25, -0.2) is 0 Å². The number of hydrogen-bond donors (Lipinski definition) is 6. The first-order valence-corrected chi connectivity index (χ1v) is 12.5. The summed E-state index contributed by atoms with van der Waals surface area (Å²) in [7, 11) is 0. The van der Waals surface area contributed by atoms with Gasteiger partial charge in [0.1, 0.15) is 24.4 Å². The Balaban J connectivity index is 1.60. The second-order valence-electron chi connectivity index (χ2n) is 11.3. The molecule has 3 aliphatic rings. The monoisotopic (exact) mass is 484 g/mol. The Bertz CT molecular complexity index is 738. The van der Waals surface area contributed by atoms with Crippen LogP contribution in [0, 0.1) is 22.7 Å². The van der Waals surface area contributed by atoms with Crippen LogP contribution >= 0.6 is 0 Å². The standard InChI is InChI=1S/C26H44O8/c1-15(9-10-33-24-23(32)22(31)21(30)19(13-27)34-24)5-7-18-16(2)6-8-20-25(3,14-28)11-17(29)12-26(18,20)4/h9,17-24,27-32H,2,5-8,10-14H2,1,3-4H3.